The number of aromatic nitrogens is 4. The average molecular weight is 444 g/mol. The summed E-state index contributed by atoms with van der Waals surface area (Å²) >= 11 is 0. The van der Waals surface area contributed by atoms with Gasteiger partial charge in [-0.2, -0.15) is 5.10 Å². The van der Waals surface area contributed by atoms with E-state index in [0.717, 1.165) is 19.3 Å². The van der Waals surface area contributed by atoms with E-state index < -0.39 is 9.84 Å². The lowest BCUT2D eigenvalue weighted by atomic mass is 10.1. The molecule has 1 atom stereocenters. The first-order valence-electron chi connectivity index (χ1n) is 10.4. The van der Waals surface area contributed by atoms with Crippen LogP contribution >= 0.6 is 0 Å². The van der Waals surface area contributed by atoms with Crippen molar-refractivity contribution in [3.8, 4) is 0 Å². The van der Waals surface area contributed by atoms with Gasteiger partial charge in [-0.25, -0.2) is 18.1 Å². The van der Waals surface area contributed by atoms with Crippen LogP contribution in [0.1, 0.15) is 37.8 Å². The van der Waals surface area contributed by atoms with Crippen molar-refractivity contribution in [2.75, 3.05) is 16.8 Å². The van der Waals surface area contributed by atoms with E-state index in [9.17, 15) is 18.0 Å². The van der Waals surface area contributed by atoms with E-state index >= 15 is 0 Å². The van der Waals surface area contributed by atoms with E-state index in [2.05, 4.69) is 22.3 Å². The Hall–Kier alpha value is -3.01. The van der Waals surface area contributed by atoms with Crippen molar-refractivity contribution in [2.24, 2.45) is 0 Å². The largest absolute Gasteiger partial charge is 0.325 e. The number of carbonyl (C=O) groups excluding carboxylic acids is 1. The molecule has 1 aromatic carbocycles. The standard InChI is InChI=1S/C21H25N5O4S/c1-2-3-4-15-5-7-16(8-6-15)24-19(27)12-25-14-22-20-18(21(25)28)11-23-26(20)17-9-10-31(29,30)13-17/h5-8,11,14,17H,2-4,9-10,12-13H2,1H3,(H,24,27). The first-order chi connectivity index (χ1) is 14.9. The number of carbonyl (C=O) groups is 1. The second-order valence-electron chi connectivity index (χ2n) is 7.91. The lowest BCUT2D eigenvalue weighted by molar-refractivity contribution is -0.116. The molecule has 0 radical (unpaired) electrons. The first kappa shape index (κ1) is 21.2. The van der Waals surface area contributed by atoms with Crippen LogP contribution in [-0.4, -0.2) is 45.2 Å². The zero-order valence-electron chi connectivity index (χ0n) is 17.3. The van der Waals surface area contributed by atoms with Gasteiger partial charge in [-0.3, -0.25) is 14.2 Å². The quantitative estimate of drug-likeness (QED) is 0.597. The van der Waals surface area contributed by atoms with Crippen LogP contribution in [0.5, 0.6) is 0 Å². The number of hydrogen-bond donors (Lipinski definition) is 1. The maximum Gasteiger partial charge on any atom is 0.264 e. The van der Waals surface area contributed by atoms with Crippen molar-refractivity contribution in [1.29, 1.82) is 0 Å². The molecule has 3 aromatic rings. The molecule has 31 heavy (non-hydrogen) atoms. The molecule has 4 rings (SSSR count). The molecule has 1 saturated heterocycles. The topological polar surface area (TPSA) is 116 Å². The summed E-state index contributed by atoms with van der Waals surface area (Å²) in [6.45, 7) is 1.97. The monoisotopic (exact) mass is 443 g/mol. The van der Waals surface area contributed by atoms with Gasteiger partial charge in [0.05, 0.1) is 23.7 Å². The molecule has 9 nitrogen and oxygen atoms in total. The molecule has 1 aliphatic rings. The van der Waals surface area contributed by atoms with Crippen LogP contribution in [0.3, 0.4) is 0 Å². The first-order valence-corrected chi connectivity index (χ1v) is 12.2. The van der Waals surface area contributed by atoms with Gasteiger partial charge in [-0.05, 0) is 37.0 Å². The molecular weight excluding hydrogens is 418 g/mol. The maximum atomic E-state index is 12.8. The third-order valence-corrected chi connectivity index (χ3v) is 7.26. The van der Waals surface area contributed by atoms with Crippen LogP contribution in [0.4, 0.5) is 5.69 Å². The Balaban J connectivity index is 1.47. The number of anilines is 1. The fourth-order valence-electron chi connectivity index (χ4n) is 3.81. The number of fused-ring (bicyclic) bond motifs is 1. The van der Waals surface area contributed by atoms with Gasteiger partial charge in [0.1, 0.15) is 18.3 Å². The number of nitrogens with zero attached hydrogens (tertiary/aromatic N) is 4. The van der Waals surface area contributed by atoms with Gasteiger partial charge in [-0.1, -0.05) is 25.5 Å². The van der Waals surface area contributed by atoms with E-state index in [1.807, 2.05) is 24.3 Å². The number of nitrogens with one attached hydrogen (secondary N) is 1. The lowest BCUT2D eigenvalue weighted by Gasteiger charge is -2.10. The number of rotatable bonds is 7. The zero-order chi connectivity index (χ0) is 22.0. The molecule has 1 unspecified atom stereocenters. The van der Waals surface area contributed by atoms with E-state index in [0.29, 0.717) is 17.8 Å². The lowest BCUT2D eigenvalue weighted by Crippen LogP contribution is -2.28. The summed E-state index contributed by atoms with van der Waals surface area (Å²) in [5, 5.41) is 7.25. The predicted octanol–water partition coefficient (Wildman–Crippen LogP) is 1.93. The molecule has 10 heteroatoms. The van der Waals surface area contributed by atoms with Crippen LogP contribution in [0.2, 0.25) is 0 Å². The minimum Gasteiger partial charge on any atom is -0.325 e. The number of amides is 1. The van der Waals surface area contributed by atoms with Crippen molar-refractivity contribution in [3.05, 3.63) is 52.7 Å². The number of benzene rings is 1. The maximum absolute atomic E-state index is 12.8. The predicted molar refractivity (Wildman–Crippen MR) is 118 cm³/mol. The van der Waals surface area contributed by atoms with Gasteiger partial charge in [0.25, 0.3) is 5.56 Å². The second-order valence-corrected chi connectivity index (χ2v) is 10.1. The Morgan fingerprint density at radius 1 is 1.26 bits per heavy atom. The van der Waals surface area contributed by atoms with Gasteiger partial charge in [0.2, 0.25) is 5.91 Å². The van der Waals surface area contributed by atoms with Crippen LogP contribution in [0.25, 0.3) is 11.0 Å². The van der Waals surface area contributed by atoms with E-state index in [1.165, 1.54) is 27.3 Å². The van der Waals surface area contributed by atoms with Crippen molar-refractivity contribution in [1.82, 2.24) is 19.3 Å². The Bertz CT molecular complexity index is 1260. The Morgan fingerprint density at radius 3 is 2.71 bits per heavy atom. The number of unbranched alkanes of at least 4 members (excludes halogenated alkanes) is 1. The summed E-state index contributed by atoms with van der Waals surface area (Å²) in [5.41, 5.74) is 1.84. The highest BCUT2D eigenvalue weighted by molar-refractivity contribution is 7.91. The summed E-state index contributed by atoms with van der Waals surface area (Å²) in [5.74, 6) is -0.233. The summed E-state index contributed by atoms with van der Waals surface area (Å²) in [7, 11) is -3.09. The van der Waals surface area contributed by atoms with Crippen molar-refractivity contribution in [3.63, 3.8) is 0 Å². The molecule has 1 amide bonds. The van der Waals surface area contributed by atoms with Crippen LogP contribution in [0.15, 0.2) is 41.6 Å². The van der Waals surface area contributed by atoms with Crippen LogP contribution in [-0.2, 0) is 27.6 Å². The molecule has 0 bridgehead atoms. The Labute approximate surface area is 180 Å². The van der Waals surface area contributed by atoms with Gasteiger partial charge in [-0.15, -0.1) is 0 Å². The average Bonchev–Trinajstić information content (AvgIpc) is 3.32. The minimum atomic E-state index is -3.09. The molecule has 0 spiro atoms. The fourth-order valence-corrected chi connectivity index (χ4v) is 5.50. The smallest absolute Gasteiger partial charge is 0.264 e. The van der Waals surface area contributed by atoms with E-state index in [1.54, 1.807) is 0 Å². The van der Waals surface area contributed by atoms with Crippen LogP contribution in [0, 0.1) is 0 Å². The Kier molecular flexibility index (Phi) is 5.90. The molecule has 0 saturated carbocycles. The molecule has 2 aromatic heterocycles. The molecule has 1 fully saturated rings. The van der Waals surface area contributed by atoms with E-state index in [4.69, 9.17) is 0 Å². The van der Waals surface area contributed by atoms with E-state index in [-0.39, 0.29) is 40.9 Å². The van der Waals surface area contributed by atoms with Crippen LogP contribution < -0.4 is 10.9 Å². The number of hydrogen-bond acceptors (Lipinski definition) is 6. The van der Waals surface area contributed by atoms with Crippen molar-refractivity contribution >= 4 is 32.5 Å². The highest BCUT2D eigenvalue weighted by Crippen LogP contribution is 2.25. The van der Waals surface area contributed by atoms with Gasteiger partial charge in [0, 0.05) is 5.69 Å². The Morgan fingerprint density at radius 2 is 2.03 bits per heavy atom. The zero-order valence-corrected chi connectivity index (χ0v) is 18.1. The minimum absolute atomic E-state index is 0.00577. The third kappa shape index (κ3) is 4.68. The molecule has 3 heterocycles. The summed E-state index contributed by atoms with van der Waals surface area (Å²) in [6.07, 6.45) is 6.40. The summed E-state index contributed by atoms with van der Waals surface area (Å²) in [4.78, 5) is 29.5. The van der Waals surface area contributed by atoms with Gasteiger partial charge < -0.3 is 5.32 Å². The molecule has 1 N–H and O–H groups in total. The van der Waals surface area contributed by atoms with Gasteiger partial charge >= 0.3 is 0 Å². The normalized spacial score (nSPS) is 17.8. The summed E-state index contributed by atoms with van der Waals surface area (Å²) < 4.78 is 26.2. The molecule has 0 aliphatic carbocycles. The van der Waals surface area contributed by atoms with Crippen molar-refractivity contribution < 1.29 is 13.2 Å². The fraction of sp³-hybridized carbons (Fsp3) is 0.429. The van der Waals surface area contributed by atoms with Gasteiger partial charge in [0.15, 0.2) is 15.5 Å². The molecular formula is C21H25N5O4S. The highest BCUT2D eigenvalue weighted by atomic mass is 32.2. The third-order valence-electron chi connectivity index (χ3n) is 5.50. The summed E-state index contributed by atoms with van der Waals surface area (Å²) in [6, 6.07) is 7.36. The molecule has 1 aliphatic heterocycles. The second kappa shape index (κ2) is 8.62. The number of sulfone groups is 1. The number of aryl methyl sites for hydroxylation is 1. The van der Waals surface area contributed by atoms with Crippen molar-refractivity contribution in [2.45, 2.75) is 45.2 Å². The highest BCUT2D eigenvalue weighted by Gasteiger charge is 2.31. The molecule has 164 valence electrons. The SMILES string of the molecule is CCCCc1ccc(NC(=O)Cn2cnc3c(cnn3C3CCS(=O)(=O)C3)c2=O)cc1.